The maximum Gasteiger partial charge on any atom is 0.377 e. The molecule has 2 aromatic carbocycles. The van der Waals surface area contributed by atoms with Crippen molar-refractivity contribution in [3.05, 3.63) is 68.6 Å². The van der Waals surface area contributed by atoms with Gasteiger partial charge >= 0.3 is 11.7 Å². The van der Waals surface area contributed by atoms with Crippen LogP contribution < -0.4 is 10.6 Å². The van der Waals surface area contributed by atoms with Gasteiger partial charge < -0.3 is 0 Å². The Labute approximate surface area is 157 Å². The fourth-order valence-corrected chi connectivity index (χ4v) is 2.81. The van der Waals surface area contributed by atoms with Gasteiger partial charge in [-0.15, -0.1) is 4.68 Å². The lowest BCUT2D eigenvalue weighted by atomic mass is 10.2. The zero-order valence-electron chi connectivity index (χ0n) is 13.3. The van der Waals surface area contributed by atoms with Gasteiger partial charge in [-0.25, -0.2) is 9.59 Å². The van der Waals surface area contributed by atoms with Crippen molar-refractivity contribution in [1.82, 2.24) is 19.8 Å². The van der Waals surface area contributed by atoms with E-state index in [2.05, 4.69) is 10.4 Å². The number of rotatable bonds is 3. The topological polar surface area (TPSA) is 90.1 Å². The van der Waals surface area contributed by atoms with Crippen LogP contribution in [0.1, 0.15) is 10.4 Å². The minimum Gasteiger partial charge on any atom is -0.298 e. The fraction of sp³-hybridized carbons (Fsp3) is 0.0625. The molecular formula is C16H11Cl2N5O3. The van der Waals surface area contributed by atoms with Crippen LogP contribution in [-0.2, 0) is 0 Å². The summed E-state index contributed by atoms with van der Waals surface area (Å²) >= 11 is 12.1. The van der Waals surface area contributed by atoms with E-state index >= 15 is 0 Å². The molecule has 0 N–H and O–H groups in total. The molecule has 0 bridgehead atoms. The first-order chi connectivity index (χ1) is 12.4. The van der Waals surface area contributed by atoms with Crippen LogP contribution in [0, 0.1) is 0 Å². The number of nitrogens with zero attached hydrogens (tertiary/aromatic N) is 5. The lowest BCUT2D eigenvalue weighted by Crippen LogP contribution is -2.39. The Hall–Kier alpha value is -2.97. The highest BCUT2D eigenvalue weighted by atomic mass is 35.5. The predicted molar refractivity (Wildman–Crippen MR) is 96.7 cm³/mol. The second-order valence-electron chi connectivity index (χ2n) is 5.21. The Kier molecular flexibility index (Phi) is 4.88. The number of carbonyl (C=O) groups excluding carboxylic acids is 2. The number of hydrogen-bond acceptors (Lipinski definition) is 5. The van der Waals surface area contributed by atoms with Crippen molar-refractivity contribution < 1.29 is 9.59 Å². The predicted octanol–water partition coefficient (Wildman–Crippen LogP) is 2.65. The summed E-state index contributed by atoms with van der Waals surface area (Å²) in [5.74, 6) is 0. The maximum absolute atomic E-state index is 12.6. The summed E-state index contributed by atoms with van der Waals surface area (Å²) in [6, 6.07) is 10.3. The van der Waals surface area contributed by atoms with Gasteiger partial charge in [0, 0.05) is 18.3 Å². The largest absolute Gasteiger partial charge is 0.377 e. The Bertz CT molecular complexity index is 1040. The van der Waals surface area contributed by atoms with Crippen molar-refractivity contribution in [3.63, 3.8) is 0 Å². The number of anilines is 1. The maximum atomic E-state index is 12.6. The molecule has 0 aliphatic rings. The van der Waals surface area contributed by atoms with Crippen LogP contribution >= 0.6 is 23.2 Å². The summed E-state index contributed by atoms with van der Waals surface area (Å²) in [7, 11) is 1.44. The molecular weight excluding hydrogens is 381 g/mol. The lowest BCUT2D eigenvalue weighted by Gasteiger charge is -2.15. The monoisotopic (exact) mass is 391 g/mol. The molecule has 0 fully saturated rings. The molecule has 0 saturated carbocycles. The molecule has 132 valence electrons. The highest BCUT2D eigenvalue weighted by molar-refractivity contribution is 6.37. The third-order valence-corrected chi connectivity index (χ3v) is 4.20. The van der Waals surface area contributed by atoms with Gasteiger partial charge in [0.2, 0.25) is 0 Å². The third kappa shape index (κ3) is 3.12. The molecule has 0 aliphatic carbocycles. The van der Waals surface area contributed by atoms with E-state index in [1.54, 1.807) is 24.3 Å². The van der Waals surface area contributed by atoms with Gasteiger partial charge in [-0.2, -0.15) is 4.68 Å². The molecule has 26 heavy (non-hydrogen) atoms. The van der Waals surface area contributed by atoms with Crippen molar-refractivity contribution >= 4 is 41.2 Å². The van der Waals surface area contributed by atoms with Crippen molar-refractivity contribution in [2.24, 2.45) is 0 Å². The Morgan fingerprint density at radius 1 is 1.12 bits per heavy atom. The number of tetrazole rings is 1. The second kappa shape index (κ2) is 7.11. The van der Waals surface area contributed by atoms with Crippen molar-refractivity contribution in [3.8, 4) is 5.69 Å². The van der Waals surface area contributed by atoms with Crippen molar-refractivity contribution in [2.45, 2.75) is 0 Å². The number of aldehydes is 1. The second-order valence-corrected chi connectivity index (χ2v) is 6.02. The van der Waals surface area contributed by atoms with Crippen LogP contribution in [0.3, 0.4) is 0 Å². The van der Waals surface area contributed by atoms with Gasteiger partial charge in [0.05, 0.1) is 10.0 Å². The fourth-order valence-electron chi connectivity index (χ4n) is 2.26. The van der Waals surface area contributed by atoms with Gasteiger partial charge in [-0.1, -0.05) is 41.4 Å². The van der Waals surface area contributed by atoms with Crippen LogP contribution in [0.2, 0.25) is 10.0 Å². The van der Waals surface area contributed by atoms with E-state index in [0.29, 0.717) is 22.2 Å². The van der Waals surface area contributed by atoms with Gasteiger partial charge in [0.1, 0.15) is 12.0 Å². The molecule has 3 rings (SSSR count). The lowest BCUT2D eigenvalue weighted by molar-refractivity contribution is 0.112. The number of amides is 1. The van der Waals surface area contributed by atoms with E-state index in [4.69, 9.17) is 23.2 Å². The summed E-state index contributed by atoms with van der Waals surface area (Å²) in [6.45, 7) is 0. The molecule has 1 amide bonds. The molecule has 0 saturated heterocycles. The van der Waals surface area contributed by atoms with E-state index in [-0.39, 0.29) is 15.7 Å². The summed E-state index contributed by atoms with van der Waals surface area (Å²) in [5.41, 5.74) is 0.103. The molecule has 0 atom stereocenters. The van der Waals surface area contributed by atoms with Crippen LogP contribution in [0.15, 0.2) is 47.3 Å². The number of para-hydroxylation sites is 1. The number of hydrogen-bond donors (Lipinski definition) is 0. The standard InChI is InChI=1S/C16H11Cl2N5O3/c1-21(11-5-2-4-10(8-11)9-24)15(25)23-16(26)22(19-20-23)14-12(17)6-3-7-13(14)18/h2-9H,1H3. The molecule has 0 aliphatic heterocycles. The average molecular weight is 392 g/mol. The number of carbonyl (C=O) groups is 2. The Balaban J connectivity index is 2.00. The first-order valence-corrected chi connectivity index (χ1v) is 8.02. The third-order valence-electron chi connectivity index (χ3n) is 3.59. The highest BCUT2D eigenvalue weighted by Gasteiger charge is 2.22. The highest BCUT2D eigenvalue weighted by Crippen LogP contribution is 2.26. The van der Waals surface area contributed by atoms with E-state index in [9.17, 15) is 14.4 Å². The average Bonchev–Trinajstić information content (AvgIpc) is 3.01. The molecule has 0 radical (unpaired) electrons. The molecule has 0 spiro atoms. The quantitative estimate of drug-likeness (QED) is 0.505. The Morgan fingerprint density at radius 2 is 1.77 bits per heavy atom. The van der Waals surface area contributed by atoms with E-state index in [1.807, 2.05) is 0 Å². The molecule has 1 aromatic heterocycles. The number of halogens is 2. The molecule has 8 nitrogen and oxygen atoms in total. The zero-order valence-corrected chi connectivity index (χ0v) is 14.8. The van der Waals surface area contributed by atoms with Gasteiger partial charge in [0.25, 0.3) is 0 Å². The summed E-state index contributed by atoms with van der Waals surface area (Å²) < 4.78 is 1.42. The van der Waals surface area contributed by atoms with Crippen LogP contribution in [-0.4, -0.2) is 39.2 Å². The van der Waals surface area contributed by atoms with E-state index in [1.165, 1.54) is 30.1 Å². The van der Waals surface area contributed by atoms with Crippen molar-refractivity contribution in [1.29, 1.82) is 0 Å². The van der Waals surface area contributed by atoms with Gasteiger partial charge in [-0.3, -0.25) is 9.69 Å². The molecule has 0 unspecified atom stereocenters. The smallest absolute Gasteiger partial charge is 0.298 e. The first-order valence-electron chi connectivity index (χ1n) is 7.26. The van der Waals surface area contributed by atoms with Gasteiger partial charge in [0.15, 0.2) is 0 Å². The Morgan fingerprint density at radius 3 is 2.42 bits per heavy atom. The molecule has 3 aromatic rings. The first kappa shape index (κ1) is 17.8. The van der Waals surface area contributed by atoms with E-state index < -0.39 is 11.7 Å². The minimum atomic E-state index is -0.830. The van der Waals surface area contributed by atoms with Gasteiger partial charge in [-0.05, 0) is 34.7 Å². The number of aromatic nitrogens is 4. The SMILES string of the molecule is CN(C(=O)n1nnn(-c2c(Cl)cccc2Cl)c1=O)c1cccc(C=O)c1. The summed E-state index contributed by atoms with van der Waals surface area (Å²) in [4.78, 5) is 37.2. The van der Waals surface area contributed by atoms with E-state index in [0.717, 1.165) is 4.68 Å². The van der Waals surface area contributed by atoms with Crippen LogP contribution in [0.25, 0.3) is 5.69 Å². The number of benzene rings is 2. The normalized spacial score (nSPS) is 10.6. The molecule has 10 heteroatoms. The van der Waals surface area contributed by atoms with Crippen molar-refractivity contribution in [2.75, 3.05) is 11.9 Å². The summed E-state index contributed by atoms with van der Waals surface area (Å²) in [5, 5.41) is 7.66. The van der Waals surface area contributed by atoms with Crippen LogP contribution in [0.4, 0.5) is 10.5 Å². The minimum absolute atomic E-state index is 0.130. The van der Waals surface area contributed by atoms with Crippen LogP contribution in [0.5, 0.6) is 0 Å². The molecule has 1 heterocycles. The zero-order chi connectivity index (χ0) is 18.8. The summed E-state index contributed by atoms with van der Waals surface area (Å²) in [6.07, 6.45) is 0.656.